The van der Waals surface area contributed by atoms with E-state index in [-0.39, 0.29) is 29.0 Å². The molecule has 2 aromatic carbocycles. The highest BCUT2D eigenvalue weighted by molar-refractivity contribution is 7.94. The van der Waals surface area contributed by atoms with Crippen LogP contribution < -0.4 is 9.62 Å². The second-order valence-corrected chi connectivity index (χ2v) is 10.8. The molecule has 3 rings (SSSR count). The number of hydrogen-bond acceptors (Lipinski definition) is 5. The Hall–Kier alpha value is -2.42. The highest BCUT2D eigenvalue weighted by Crippen LogP contribution is 2.35. The minimum Gasteiger partial charge on any atom is -0.350 e. The van der Waals surface area contributed by atoms with E-state index in [9.17, 15) is 18.0 Å². The topological polar surface area (TPSA) is 86.8 Å². The largest absolute Gasteiger partial charge is 0.350 e. The van der Waals surface area contributed by atoms with Crippen LogP contribution in [-0.2, 0) is 14.8 Å². The molecule has 9 heteroatoms. The van der Waals surface area contributed by atoms with Crippen molar-refractivity contribution < 1.29 is 18.0 Å². The van der Waals surface area contributed by atoms with Crippen molar-refractivity contribution in [2.45, 2.75) is 19.9 Å². The van der Waals surface area contributed by atoms with Crippen LogP contribution in [0.25, 0.3) is 0 Å². The van der Waals surface area contributed by atoms with Gasteiger partial charge in [0.1, 0.15) is 0 Å². The molecule has 31 heavy (non-hydrogen) atoms. The van der Waals surface area contributed by atoms with Crippen molar-refractivity contribution in [3.8, 4) is 0 Å². The molecule has 1 aliphatic rings. The van der Waals surface area contributed by atoms with Gasteiger partial charge >= 0.3 is 0 Å². The number of halogens is 1. The maximum atomic E-state index is 12.8. The van der Waals surface area contributed by atoms with Crippen LogP contribution in [0, 0.1) is 5.41 Å². The number of carbonyl (C=O) groups excluding carboxylic acids is 2. The summed E-state index contributed by atoms with van der Waals surface area (Å²) in [5, 5.41) is 3.53. The first kappa shape index (κ1) is 23.2. The third-order valence-electron chi connectivity index (χ3n) is 5.26. The van der Waals surface area contributed by atoms with Gasteiger partial charge in [0.15, 0.2) is 0 Å². The molecule has 0 spiro atoms. The SMILES string of the molecule is CN(C)C(CNC(=O)c1cccc(N2C(=O)C(C)(C)CS2(=O)=O)c1)c1ccc(Cl)cc1. The fourth-order valence-corrected chi connectivity index (χ4v) is 5.83. The van der Waals surface area contributed by atoms with Gasteiger partial charge < -0.3 is 10.2 Å². The normalized spacial score (nSPS) is 18.3. The van der Waals surface area contributed by atoms with E-state index in [4.69, 9.17) is 11.6 Å². The molecular formula is C22H26ClN3O4S. The molecule has 0 bridgehead atoms. The molecule has 0 aliphatic carbocycles. The van der Waals surface area contributed by atoms with Crippen molar-refractivity contribution >= 4 is 39.1 Å². The van der Waals surface area contributed by atoms with Crippen LogP contribution in [-0.4, -0.2) is 51.5 Å². The highest BCUT2D eigenvalue weighted by Gasteiger charge is 2.49. The van der Waals surface area contributed by atoms with Gasteiger partial charge in [0.05, 0.1) is 22.9 Å². The van der Waals surface area contributed by atoms with E-state index in [1.165, 1.54) is 12.1 Å². The Morgan fingerprint density at radius 1 is 1.19 bits per heavy atom. The molecule has 7 nitrogen and oxygen atoms in total. The Balaban J connectivity index is 1.79. The Morgan fingerprint density at radius 2 is 1.84 bits per heavy atom. The number of rotatable bonds is 6. The summed E-state index contributed by atoms with van der Waals surface area (Å²) in [5.41, 5.74) is 0.442. The second kappa shape index (κ2) is 8.61. The Bertz CT molecular complexity index is 1100. The molecule has 1 unspecified atom stereocenters. The van der Waals surface area contributed by atoms with E-state index in [0.717, 1.165) is 9.87 Å². The fourth-order valence-electron chi connectivity index (χ4n) is 3.61. The molecule has 1 fully saturated rings. The van der Waals surface area contributed by atoms with E-state index >= 15 is 0 Å². The lowest BCUT2D eigenvalue weighted by molar-refractivity contribution is -0.123. The van der Waals surface area contributed by atoms with Crippen LogP contribution in [0.5, 0.6) is 0 Å². The van der Waals surface area contributed by atoms with Gasteiger partial charge in [-0.05, 0) is 63.8 Å². The van der Waals surface area contributed by atoms with Crippen molar-refractivity contribution in [3.63, 3.8) is 0 Å². The van der Waals surface area contributed by atoms with Gasteiger partial charge in [-0.15, -0.1) is 0 Å². The lowest BCUT2D eigenvalue weighted by Gasteiger charge is -2.25. The van der Waals surface area contributed by atoms with Crippen molar-refractivity contribution in [1.29, 1.82) is 0 Å². The van der Waals surface area contributed by atoms with Crippen molar-refractivity contribution in [2.75, 3.05) is 30.7 Å². The summed E-state index contributed by atoms with van der Waals surface area (Å²) in [5.74, 6) is -1.12. The molecule has 1 saturated heterocycles. The predicted octanol–water partition coefficient (Wildman–Crippen LogP) is 3.08. The Kier molecular flexibility index (Phi) is 6.45. The van der Waals surface area contributed by atoms with Crippen molar-refractivity contribution in [2.24, 2.45) is 5.41 Å². The van der Waals surface area contributed by atoms with Gasteiger partial charge in [-0.2, -0.15) is 0 Å². The molecule has 2 amide bonds. The molecular weight excluding hydrogens is 438 g/mol. The quantitative estimate of drug-likeness (QED) is 0.711. The molecule has 1 heterocycles. The smallest absolute Gasteiger partial charge is 0.251 e. The lowest BCUT2D eigenvalue weighted by Crippen LogP contribution is -2.35. The molecule has 0 radical (unpaired) electrons. The summed E-state index contributed by atoms with van der Waals surface area (Å²) in [6.45, 7) is 3.54. The molecule has 0 saturated carbocycles. The Labute approximate surface area is 188 Å². The summed E-state index contributed by atoms with van der Waals surface area (Å²) in [4.78, 5) is 27.4. The number of sulfonamides is 1. The first-order valence-electron chi connectivity index (χ1n) is 9.80. The number of carbonyl (C=O) groups is 2. The fraction of sp³-hybridized carbons (Fsp3) is 0.364. The van der Waals surface area contributed by atoms with E-state index in [1.807, 2.05) is 31.1 Å². The number of anilines is 1. The number of amides is 2. The van der Waals surface area contributed by atoms with Gasteiger partial charge in [-0.25, -0.2) is 12.7 Å². The summed E-state index contributed by atoms with van der Waals surface area (Å²) < 4.78 is 25.9. The van der Waals surface area contributed by atoms with Crippen LogP contribution in [0.15, 0.2) is 48.5 Å². The highest BCUT2D eigenvalue weighted by atomic mass is 35.5. The molecule has 1 N–H and O–H groups in total. The first-order valence-corrected chi connectivity index (χ1v) is 11.8. The molecule has 0 aromatic heterocycles. The standard InChI is InChI=1S/C22H26ClN3O4S/c1-22(2)14-31(29,30)26(21(22)28)18-7-5-6-16(12-18)20(27)24-13-19(25(3)4)15-8-10-17(23)11-9-15/h5-12,19H,13-14H2,1-4H3,(H,24,27). The summed E-state index contributed by atoms with van der Waals surface area (Å²) in [6.07, 6.45) is 0. The molecule has 166 valence electrons. The van der Waals surface area contributed by atoms with E-state index in [2.05, 4.69) is 5.32 Å². The monoisotopic (exact) mass is 463 g/mol. The third-order valence-corrected chi connectivity index (χ3v) is 7.53. The molecule has 1 atom stereocenters. The summed E-state index contributed by atoms with van der Waals surface area (Å²) in [7, 11) is 0.0473. The van der Waals surface area contributed by atoms with Gasteiger partial charge in [0.25, 0.3) is 5.91 Å². The second-order valence-electron chi connectivity index (χ2n) is 8.50. The zero-order chi connectivity index (χ0) is 23.0. The van der Waals surface area contributed by atoms with E-state index in [0.29, 0.717) is 11.6 Å². The third kappa shape index (κ3) is 4.92. The minimum atomic E-state index is -3.78. The van der Waals surface area contributed by atoms with E-state index in [1.54, 1.807) is 38.1 Å². The summed E-state index contributed by atoms with van der Waals surface area (Å²) >= 11 is 5.97. The Morgan fingerprint density at radius 3 is 2.39 bits per heavy atom. The van der Waals surface area contributed by atoms with Crippen LogP contribution in [0.4, 0.5) is 5.69 Å². The van der Waals surface area contributed by atoms with Gasteiger partial charge in [-0.3, -0.25) is 9.59 Å². The van der Waals surface area contributed by atoms with Crippen LogP contribution >= 0.6 is 11.6 Å². The number of nitrogens with zero attached hydrogens (tertiary/aromatic N) is 2. The average Bonchev–Trinajstić information content (AvgIpc) is 2.85. The number of nitrogens with one attached hydrogen (secondary N) is 1. The van der Waals surface area contributed by atoms with Crippen molar-refractivity contribution in [1.82, 2.24) is 10.2 Å². The van der Waals surface area contributed by atoms with Gasteiger partial charge in [-0.1, -0.05) is 29.8 Å². The lowest BCUT2D eigenvalue weighted by atomic mass is 9.95. The van der Waals surface area contributed by atoms with E-state index < -0.39 is 21.3 Å². The van der Waals surface area contributed by atoms with Gasteiger partial charge in [0.2, 0.25) is 15.9 Å². The maximum absolute atomic E-state index is 12.8. The maximum Gasteiger partial charge on any atom is 0.251 e. The summed E-state index contributed by atoms with van der Waals surface area (Å²) in [6, 6.07) is 13.4. The van der Waals surface area contributed by atoms with Crippen LogP contribution in [0.2, 0.25) is 5.02 Å². The van der Waals surface area contributed by atoms with Crippen LogP contribution in [0.3, 0.4) is 0 Å². The number of hydrogen-bond donors (Lipinski definition) is 1. The minimum absolute atomic E-state index is 0.0780. The molecule has 2 aromatic rings. The number of likely N-dealkylation sites (N-methyl/N-ethyl adjacent to an activating group) is 1. The van der Waals surface area contributed by atoms with Crippen LogP contribution in [0.1, 0.15) is 35.8 Å². The van der Waals surface area contributed by atoms with Gasteiger partial charge in [0, 0.05) is 17.1 Å². The average molecular weight is 464 g/mol. The van der Waals surface area contributed by atoms with Crippen molar-refractivity contribution in [3.05, 3.63) is 64.7 Å². The zero-order valence-electron chi connectivity index (χ0n) is 17.9. The molecule has 1 aliphatic heterocycles. The zero-order valence-corrected chi connectivity index (χ0v) is 19.5. The first-order chi connectivity index (χ1) is 14.4. The number of benzene rings is 2. The predicted molar refractivity (Wildman–Crippen MR) is 122 cm³/mol.